The fourth-order valence-corrected chi connectivity index (χ4v) is 3.74. The molecule has 0 saturated carbocycles. The highest BCUT2D eigenvalue weighted by Crippen LogP contribution is 2.21. The third-order valence-electron chi connectivity index (χ3n) is 4.67. The molecule has 0 spiro atoms. The molecule has 2 aromatic rings. The summed E-state index contributed by atoms with van der Waals surface area (Å²) >= 11 is 0. The van der Waals surface area contributed by atoms with Crippen LogP contribution in [0.25, 0.3) is 0 Å². The molecule has 0 aliphatic carbocycles. The van der Waals surface area contributed by atoms with Gasteiger partial charge < -0.3 is 9.67 Å². The Kier molecular flexibility index (Phi) is 4.50. The number of aliphatic hydroxyl groups is 1. The van der Waals surface area contributed by atoms with Crippen molar-refractivity contribution < 1.29 is 13.5 Å². The second-order valence-corrected chi connectivity index (χ2v) is 8.46. The van der Waals surface area contributed by atoms with Crippen LogP contribution in [0.1, 0.15) is 28.9 Å². The van der Waals surface area contributed by atoms with Crippen LogP contribution in [-0.2, 0) is 22.9 Å². The first-order valence-corrected chi connectivity index (χ1v) is 9.88. The van der Waals surface area contributed by atoms with E-state index in [9.17, 15) is 13.5 Å². The van der Waals surface area contributed by atoms with Crippen LogP contribution < -0.4 is 0 Å². The Labute approximate surface area is 142 Å². The number of hydrogen-bond acceptors (Lipinski definition) is 5. The molecule has 0 radical (unpaired) electrons. The highest BCUT2D eigenvalue weighted by Gasteiger charge is 2.22. The van der Waals surface area contributed by atoms with Crippen LogP contribution in [0.3, 0.4) is 0 Å². The number of hydrogen-bond donors (Lipinski definition) is 1. The molecular formula is C17H23N3O3S. The zero-order valence-corrected chi connectivity index (χ0v) is 15.0. The lowest BCUT2D eigenvalue weighted by Crippen LogP contribution is -2.36. The summed E-state index contributed by atoms with van der Waals surface area (Å²) in [5, 5.41) is 10.5. The summed E-state index contributed by atoms with van der Waals surface area (Å²) in [6, 6.07) is 6.45. The van der Waals surface area contributed by atoms with E-state index in [1.165, 1.54) is 11.9 Å². The Bertz CT molecular complexity index is 841. The molecular weight excluding hydrogens is 326 g/mol. The van der Waals surface area contributed by atoms with Gasteiger partial charge >= 0.3 is 0 Å². The van der Waals surface area contributed by atoms with Crippen molar-refractivity contribution in [3.8, 4) is 0 Å². The summed E-state index contributed by atoms with van der Waals surface area (Å²) in [5.74, 6) is 1.04. The van der Waals surface area contributed by atoms with Gasteiger partial charge in [-0.2, -0.15) is 0 Å². The van der Waals surface area contributed by atoms with Gasteiger partial charge in [0.05, 0.1) is 23.2 Å². The third kappa shape index (κ3) is 3.38. The highest BCUT2D eigenvalue weighted by atomic mass is 32.2. The summed E-state index contributed by atoms with van der Waals surface area (Å²) < 4.78 is 25.2. The fourth-order valence-electron chi connectivity index (χ4n) is 3.10. The number of benzene rings is 1. The Balaban J connectivity index is 1.68. The number of sulfone groups is 1. The molecule has 1 N–H and O–H groups in total. The van der Waals surface area contributed by atoms with Gasteiger partial charge in [0.15, 0.2) is 9.84 Å². The molecule has 0 bridgehead atoms. The number of aromatic nitrogens is 2. The molecule has 1 aliphatic heterocycles. The number of rotatable bonds is 4. The van der Waals surface area contributed by atoms with E-state index in [2.05, 4.69) is 21.4 Å². The first-order valence-electron chi connectivity index (χ1n) is 7.99. The Morgan fingerprint density at radius 3 is 2.50 bits per heavy atom. The number of β-amino-alcohol motifs (C(OH)–C–C–N with tert-alkyl or cyclic N) is 1. The van der Waals surface area contributed by atoms with Gasteiger partial charge in [0.2, 0.25) is 0 Å². The third-order valence-corrected chi connectivity index (χ3v) is 5.79. The molecule has 2 heterocycles. The van der Waals surface area contributed by atoms with Crippen molar-refractivity contribution >= 4 is 9.84 Å². The monoisotopic (exact) mass is 349 g/mol. The maximum absolute atomic E-state index is 11.5. The van der Waals surface area contributed by atoms with E-state index in [0.717, 1.165) is 30.2 Å². The molecule has 0 amide bonds. The van der Waals surface area contributed by atoms with Crippen LogP contribution in [0.5, 0.6) is 0 Å². The van der Waals surface area contributed by atoms with E-state index in [1.807, 2.05) is 6.92 Å². The van der Waals surface area contributed by atoms with Crippen molar-refractivity contribution in [1.29, 1.82) is 0 Å². The molecule has 6 nitrogen and oxygen atoms in total. The van der Waals surface area contributed by atoms with Crippen molar-refractivity contribution in [3.05, 3.63) is 47.0 Å². The maximum atomic E-state index is 11.5. The van der Waals surface area contributed by atoms with Gasteiger partial charge in [-0.25, -0.2) is 13.4 Å². The molecule has 24 heavy (non-hydrogen) atoms. The molecule has 1 aromatic heterocycles. The standard InChI is InChI=1S/C17H23N3O3S/c1-12-13(2)20-9-8-19(11-17(20)18-12)10-16(21)14-4-6-15(7-5-14)24(3,22)23/h4-7,16,21H,8-11H2,1-3H3/t16-/m1/s1. The van der Waals surface area contributed by atoms with E-state index in [1.54, 1.807) is 24.3 Å². The van der Waals surface area contributed by atoms with E-state index < -0.39 is 15.9 Å². The molecule has 1 aliphatic rings. The van der Waals surface area contributed by atoms with Gasteiger partial charge in [0, 0.05) is 31.6 Å². The van der Waals surface area contributed by atoms with Gasteiger partial charge in [-0.3, -0.25) is 4.90 Å². The van der Waals surface area contributed by atoms with Gasteiger partial charge in [-0.15, -0.1) is 0 Å². The second-order valence-electron chi connectivity index (χ2n) is 6.44. The van der Waals surface area contributed by atoms with E-state index in [4.69, 9.17) is 0 Å². The zero-order valence-electron chi connectivity index (χ0n) is 14.2. The molecule has 3 rings (SSSR count). The minimum absolute atomic E-state index is 0.268. The van der Waals surface area contributed by atoms with E-state index in [-0.39, 0.29) is 4.90 Å². The lowest BCUT2D eigenvalue weighted by atomic mass is 10.1. The first kappa shape index (κ1) is 17.1. The summed E-state index contributed by atoms with van der Waals surface area (Å²) in [6.07, 6.45) is 0.528. The van der Waals surface area contributed by atoms with Gasteiger partial charge in [-0.05, 0) is 31.5 Å². The van der Waals surface area contributed by atoms with Gasteiger partial charge in [0.1, 0.15) is 5.82 Å². The molecule has 0 saturated heterocycles. The van der Waals surface area contributed by atoms with E-state index in [0.29, 0.717) is 13.1 Å². The number of aryl methyl sites for hydroxylation is 1. The predicted octanol–water partition coefficient (Wildman–Crippen LogP) is 1.45. The number of nitrogens with zero attached hydrogens (tertiary/aromatic N) is 3. The largest absolute Gasteiger partial charge is 0.387 e. The van der Waals surface area contributed by atoms with Crippen molar-refractivity contribution in [2.75, 3.05) is 19.3 Å². The zero-order chi connectivity index (χ0) is 17.5. The molecule has 7 heteroatoms. The summed E-state index contributed by atoms with van der Waals surface area (Å²) in [6.45, 7) is 7.06. The Hall–Kier alpha value is -1.70. The van der Waals surface area contributed by atoms with Crippen LogP contribution in [0.15, 0.2) is 29.2 Å². The summed E-state index contributed by atoms with van der Waals surface area (Å²) in [7, 11) is -3.21. The highest BCUT2D eigenvalue weighted by molar-refractivity contribution is 7.90. The van der Waals surface area contributed by atoms with Crippen molar-refractivity contribution in [2.24, 2.45) is 0 Å². The second kappa shape index (κ2) is 6.31. The SMILES string of the molecule is Cc1nc2n(c1C)CCN(C[C@@H](O)c1ccc(S(C)(=O)=O)cc1)C2. The maximum Gasteiger partial charge on any atom is 0.175 e. The van der Waals surface area contributed by atoms with Crippen molar-refractivity contribution in [2.45, 2.75) is 37.9 Å². The number of aliphatic hydroxyl groups excluding tert-OH is 1. The van der Waals surface area contributed by atoms with Gasteiger partial charge in [0.25, 0.3) is 0 Å². The average Bonchev–Trinajstić information content (AvgIpc) is 2.81. The summed E-state index contributed by atoms with van der Waals surface area (Å²) in [5.41, 5.74) is 2.99. The van der Waals surface area contributed by atoms with Crippen LogP contribution >= 0.6 is 0 Å². The topological polar surface area (TPSA) is 75.4 Å². The quantitative estimate of drug-likeness (QED) is 0.904. The number of imidazole rings is 1. The Morgan fingerprint density at radius 1 is 1.21 bits per heavy atom. The minimum Gasteiger partial charge on any atom is -0.387 e. The van der Waals surface area contributed by atoms with Crippen molar-refractivity contribution in [1.82, 2.24) is 14.5 Å². The van der Waals surface area contributed by atoms with Gasteiger partial charge in [-0.1, -0.05) is 12.1 Å². The average molecular weight is 349 g/mol. The smallest absolute Gasteiger partial charge is 0.175 e. The van der Waals surface area contributed by atoms with Crippen molar-refractivity contribution in [3.63, 3.8) is 0 Å². The fraction of sp³-hybridized carbons (Fsp3) is 0.471. The minimum atomic E-state index is -3.21. The Morgan fingerprint density at radius 2 is 1.88 bits per heavy atom. The van der Waals surface area contributed by atoms with Crippen LogP contribution in [-0.4, -0.2) is 47.3 Å². The lowest BCUT2D eigenvalue weighted by Gasteiger charge is -2.30. The molecule has 1 atom stereocenters. The van der Waals surface area contributed by atoms with Crippen LogP contribution in [0.2, 0.25) is 0 Å². The molecule has 0 fully saturated rings. The number of fused-ring (bicyclic) bond motifs is 1. The predicted molar refractivity (Wildman–Crippen MR) is 91.5 cm³/mol. The molecule has 130 valence electrons. The summed E-state index contributed by atoms with van der Waals surface area (Å²) in [4.78, 5) is 7.04. The first-order chi connectivity index (χ1) is 11.3. The van der Waals surface area contributed by atoms with Crippen LogP contribution in [0, 0.1) is 13.8 Å². The van der Waals surface area contributed by atoms with E-state index >= 15 is 0 Å². The molecule has 1 aromatic carbocycles. The normalized spacial score (nSPS) is 16.8. The lowest BCUT2D eigenvalue weighted by molar-refractivity contribution is 0.0960. The molecule has 0 unspecified atom stereocenters. The van der Waals surface area contributed by atoms with Crippen LogP contribution in [0.4, 0.5) is 0 Å².